The van der Waals surface area contributed by atoms with E-state index in [1.807, 2.05) is 0 Å². The summed E-state index contributed by atoms with van der Waals surface area (Å²) in [6.07, 6.45) is -0.931. The number of fused-ring (bicyclic) bond motifs is 1. The van der Waals surface area contributed by atoms with E-state index >= 15 is 0 Å². The molecule has 4 rings (SSSR count). The smallest absolute Gasteiger partial charge is 0.249 e. The molecule has 1 aromatic carbocycles. The number of anilines is 2. The van der Waals surface area contributed by atoms with Gasteiger partial charge < -0.3 is 9.80 Å². The predicted octanol–water partition coefficient (Wildman–Crippen LogP) is 3.58. The lowest BCUT2D eigenvalue weighted by Crippen LogP contribution is -2.55. The minimum Gasteiger partial charge on any atom is -0.340 e. The molecule has 0 saturated heterocycles. The van der Waals surface area contributed by atoms with Crippen LogP contribution < -0.4 is 9.80 Å². The summed E-state index contributed by atoms with van der Waals surface area (Å²) in [4.78, 5) is 25.6. The molecular formula is C21H22F2N6O. The first-order chi connectivity index (χ1) is 20.3. The third-order valence-electron chi connectivity index (χ3n) is 4.33. The number of halogens is 2. The van der Waals surface area contributed by atoms with Crippen molar-refractivity contribution in [3.63, 3.8) is 0 Å². The van der Waals surface area contributed by atoms with Crippen molar-refractivity contribution in [3.8, 4) is 17.3 Å². The molecule has 7 nitrogen and oxygen atoms in total. The number of nitrogens with zero attached hydrogens (tertiary/aromatic N) is 6. The van der Waals surface area contributed by atoms with Gasteiger partial charge in [-0.15, -0.1) is 0 Å². The van der Waals surface area contributed by atoms with Crippen molar-refractivity contribution < 1.29 is 34.1 Å². The summed E-state index contributed by atoms with van der Waals surface area (Å²) in [5.41, 5.74) is -0.950. The molecule has 1 amide bonds. The molecule has 0 radical (unpaired) electrons. The van der Waals surface area contributed by atoms with E-state index in [2.05, 4.69) is 15.0 Å². The molecule has 9 heteroatoms. The SMILES string of the molecule is [2H]C([2H])([2H])N1C(=O)C(C([2H])([2H])C([2H])([2H])[2H])N(C([2H])(C([2H])([2H])[2H])C([2H])([2H])[2H])c2nc(-n3ccnc3-c3ccc(F)c(F)c3)ncc21. The lowest BCUT2D eigenvalue weighted by molar-refractivity contribution is -0.120. The number of carbonyl (C=O) groups is 1. The zero-order chi connectivity index (χ0) is 34.3. The van der Waals surface area contributed by atoms with Crippen LogP contribution in [0.1, 0.15) is 47.5 Å². The molecule has 30 heavy (non-hydrogen) atoms. The van der Waals surface area contributed by atoms with Crippen molar-refractivity contribution in [3.05, 3.63) is 48.4 Å². The number of hydrogen-bond acceptors (Lipinski definition) is 5. The first kappa shape index (κ1) is 8.79. The highest BCUT2D eigenvalue weighted by Gasteiger charge is 2.38. The number of imidazole rings is 1. The maximum Gasteiger partial charge on any atom is 0.249 e. The monoisotopic (exact) mass is 427 g/mol. The predicted molar refractivity (Wildman–Crippen MR) is 110 cm³/mol. The van der Waals surface area contributed by atoms with Crippen molar-refractivity contribution in [1.82, 2.24) is 19.5 Å². The molecule has 0 spiro atoms. The van der Waals surface area contributed by atoms with Gasteiger partial charge in [-0.2, -0.15) is 4.98 Å². The summed E-state index contributed by atoms with van der Waals surface area (Å²) in [6, 6.07) is -4.44. The van der Waals surface area contributed by atoms with Crippen LogP contribution in [-0.4, -0.2) is 44.5 Å². The fourth-order valence-corrected chi connectivity index (χ4v) is 2.96. The van der Waals surface area contributed by atoms with Crippen LogP contribution in [-0.2, 0) is 4.79 Å². The van der Waals surface area contributed by atoms with Gasteiger partial charge in [-0.25, -0.2) is 18.7 Å². The molecule has 0 N–H and O–H groups in total. The van der Waals surface area contributed by atoms with Crippen molar-refractivity contribution in [2.75, 3.05) is 16.8 Å². The summed E-state index contributed by atoms with van der Waals surface area (Å²) in [6.45, 7) is -15.2. The fraction of sp³-hybridized carbons (Fsp3) is 0.333. The van der Waals surface area contributed by atoms with E-state index in [0.29, 0.717) is 6.20 Å². The van der Waals surface area contributed by atoms with Gasteiger partial charge in [0.2, 0.25) is 11.9 Å². The van der Waals surface area contributed by atoms with Crippen LogP contribution in [0.2, 0.25) is 0 Å². The van der Waals surface area contributed by atoms with Crippen LogP contribution in [0.4, 0.5) is 20.3 Å². The van der Waals surface area contributed by atoms with Crippen LogP contribution >= 0.6 is 0 Å². The standard InChI is InChI=1S/C21H22F2N6O/c1-5-16-20(30)27(4)17-11-25-21(26-19(17)29(16)12(2)3)28-9-8-24-18(28)13-6-7-14(22)15(23)10-13/h6-12,16H,5H2,1-4H3/i1D3,2D3,3D3,4D3,5D2,12D. The van der Waals surface area contributed by atoms with Crippen molar-refractivity contribution in [2.45, 2.75) is 39.0 Å². The molecule has 3 aromatic rings. The molecular weight excluding hydrogens is 390 g/mol. The van der Waals surface area contributed by atoms with Gasteiger partial charge >= 0.3 is 0 Å². The van der Waals surface area contributed by atoms with Crippen LogP contribution in [0, 0.1) is 11.6 Å². The van der Waals surface area contributed by atoms with Crippen LogP contribution in [0.15, 0.2) is 36.8 Å². The van der Waals surface area contributed by atoms with Gasteiger partial charge in [0.25, 0.3) is 0 Å². The van der Waals surface area contributed by atoms with Crippen molar-refractivity contribution in [2.24, 2.45) is 0 Å². The second-order valence-electron chi connectivity index (χ2n) is 6.07. The van der Waals surface area contributed by atoms with E-state index in [1.54, 1.807) is 0 Å². The van der Waals surface area contributed by atoms with E-state index in [9.17, 15) is 13.6 Å². The van der Waals surface area contributed by atoms with Crippen LogP contribution in [0.5, 0.6) is 0 Å². The third-order valence-corrected chi connectivity index (χ3v) is 4.33. The maximum absolute atomic E-state index is 14.0. The van der Waals surface area contributed by atoms with E-state index in [4.69, 9.17) is 20.6 Å². The molecule has 1 aliphatic heterocycles. The average Bonchev–Trinajstić information content (AvgIpc) is 3.36. The first-order valence-corrected chi connectivity index (χ1v) is 8.26. The number of likely N-dealkylation sites (N-methyl/N-ethyl adjacent to an activating group) is 1. The van der Waals surface area contributed by atoms with Gasteiger partial charge in [0.1, 0.15) is 17.6 Å². The molecule has 2 aromatic heterocycles. The van der Waals surface area contributed by atoms with Gasteiger partial charge in [-0.05, 0) is 38.3 Å². The first-order valence-electron chi connectivity index (χ1n) is 15.8. The Labute approximate surface area is 194 Å². The highest BCUT2D eigenvalue weighted by Crippen LogP contribution is 2.36. The second-order valence-corrected chi connectivity index (χ2v) is 6.07. The molecule has 0 aliphatic carbocycles. The van der Waals surface area contributed by atoms with Crippen LogP contribution in [0.25, 0.3) is 17.3 Å². The number of amides is 1. The number of hydrogen-bond donors (Lipinski definition) is 0. The lowest BCUT2D eigenvalue weighted by Gasteiger charge is -2.42. The highest BCUT2D eigenvalue weighted by atomic mass is 19.2. The van der Waals surface area contributed by atoms with Gasteiger partial charge in [-0.1, -0.05) is 6.85 Å². The van der Waals surface area contributed by atoms with Crippen LogP contribution in [0.3, 0.4) is 0 Å². The Morgan fingerprint density at radius 2 is 2.17 bits per heavy atom. The molecule has 1 unspecified atom stereocenters. The van der Waals surface area contributed by atoms with Gasteiger partial charge in [0.15, 0.2) is 17.5 Å². The molecule has 1 aliphatic rings. The summed E-state index contributed by atoms with van der Waals surface area (Å²) in [7, 11) is 0. The Morgan fingerprint density at radius 1 is 1.30 bits per heavy atom. The minimum atomic E-state index is -4.02. The molecule has 3 heterocycles. The molecule has 156 valence electrons. The van der Waals surface area contributed by atoms with E-state index < -0.39 is 81.0 Å². The largest absolute Gasteiger partial charge is 0.340 e. The lowest BCUT2D eigenvalue weighted by atomic mass is 10.1. The maximum atomic E-state index is 14.0. The quantitative estimate of drug-likeness (QED) is 0.637. The van der Waals surface area contributed by atoms with Gasteiger partial charge in [0.05, 0.1) is 7.57 Å². The highest BCUT2D eigenvalue weighted by molar-refractivity contribution is 6.04. The topological polar surface area (TPSA) is 67.2 Å². The Balaban J connectivity index is 2.14. The third kappa shape index (κ3) is 3.10. The van der Waals surface area contributed by atoms with E-state index in [-0.39, 0.29) is 21.2 Å². The summed E-state index contributed by atoms with van der Waals surface area (Å²) < 4.78 is 149. The number of aromatic nitrogens is 4. The van der Waals surface area contributed by atoms with Gasteiger partial charge in [0, 0.05) is 50.1 Å². The van der Waals surface area contributed by atoms with Crippen molar-refractivity contribution >= 4 is 17.4 Å². The average molecular weight is 428 g/mol. The number of carbonyl (C=O) groups excluding carboxylic acids is 1. The van der Waals surface area contributed by atoms with Gasteiger partial charge in [-0.3, -0.25) is 9.36 Å². The molecule has 0 fully saturated rings. The van der Waals surface area contributed by atoms with E-state index in [0.717, 1.165) is 29.0 Å². The summed E-state index contributed by atoms with van der Waals surface area (Å²) in [5.74, 6) is -6.23. The zero-order valence-corrected chi connectivity index (χ0v) is 14.9. The summed E-state index contributed by atoms with van der Waals surface area (Å²) >= 11 is 0. The zero-order valence-electron chi connectivity index (χ0n) is 29.9. The Bertz CT molecular complexity index is 1620. The number of benzene rings is 1. The fourth-order valence-electron chi connectivity index (χ4n) is 2.96. The number of rotatable bonds is 4. The Kier molecular flexibility index (Phi) is 2.19. The second kappa shape index (κ2) is 7.47. The normalized spacial score (nSPS) is 26.3. The summed E-state index contributed by atoms with van der Waals surface area (Å²) in [5, 5.41) is 0. The van der Waals surface area contributed by atoms with Crippen molar-refractivity contribution in [1.29, 1.82) is 0 Å². The van der Waals surface area contributed by atoms with E-state index in [1.165, 1.54) is 6.20 Å². The minimum absolute atomic E-state index is 0.0483. The Morgan fingerprint density at radius 3 is 2.90 bits per heavy atom. The molecule has 0 saturated carbocycles. The molecule has 1 atom stereocenters. The Hall–Kier alpha value is -3.36. The molecule has 0 bridgehead atoms.